The zero-order valence-corrected chi connectivity index (χ0v) is 24.2. The molecule has 2 heterocycles. The van der Waals surface area contributed by atoms with Gasteiger partial charge >= 0.3 is 0 Å². The van der Waals surface area contributed by atoms with Crippen LogP contribution in [-0.4, -0.2) is 71.9 Å². The van der Waals surface area contributed by atoms with Crippen LogP contribution >= 0.6 is 0 Å². The zero-order chi connectivity index (χ0) is 30.0. The molecule has 1 amide bonds. The number of ether oxygens (including phenoxy) is 2. The number of anilines is 3. The number of nitrogens with two attached hydrogens (primary N) is 1. The summed E-state index contributed by atoms with van der Waals surface area (Å²) in [5.74, 6) is 1.21. The molecule has 0 bridgehead atoms. The smallest absolute Gasteiger partial charge is 0.251 e. The third kappa shape index (κ3) is 11.6. The van der Waals surface area contributed by atoms with Crippen LogP contribution in [-0.2, 0) is 29.0 Å². The van der Waals surface area contributed by atoms with Crippen LogP contribution < -0.4 is 27.0 Å². The van der Waals surface area contributed by atoms with Gasteiger partial charge in [0.05, 0.1) is 26.4 Å². The first-order valence-corrected chi connectivity index (χ1v) is 14.3. The standard InChI is InChI=1S/C31H39N9O3/c32-13-18-42-20-21-43-19-17-34-28(41)27-8-6-25(7-9-27)22-36-30-38-29(35-16-12-24-4-2-1-3-5-24)39-31(40-30)37-23-26-10-14-33-15-11-26/h1-11,14-15H,12-13,16-23,32H2,(H,34,41)(H3,35,36,37,38,39,40). The molecule has 0 radical (unpaired) electrons. The molecule has 0 aliphatic carbocycles. The Hall–Kier alpha value is -4.65. The average molecular weight is 586 g/mol. The Labute approximate surface area is 251 Å². The summed E-state index contributed by atoms with van der Waals surface area (Å²) in [6, 6.07) is 21.5. The maximum Gasteiger partial charge on any atom is 0.251 e. The number of rotatable bonds is 19. The largest absolute Gasteiger partial charge is 0.378 e. The van der Waals surface area contributed by atoms with E-state index < -0.39 is 0 Å². The van der Waals surface area contributed by atoms with Crippen LogP contribution in [0.1, 0.15) is 27.0 Å². The van der Waals surface area contributed by atoms with Crippen molar-refractivity contribution in [2.45, 2.75) is 19.5 Å². The Bertz CT molecular complexity index is 1360. The first kappa shape index (κ1) is 31.3. The van der Waals surface area contributed by atoms with Gasteiger partial charge in [-0.15, -0.1) is 0 Å². The summed E-state index contributed by atoms with van der Waals surface area (Å²) in [6.45, 7) is 4.48. The van der Waals surface area contributed by atoms with Crippen molar-refractivity contribution in [3.8, 4) is 0 Å². The molecular weight excluding hydrogens is 546 g/mol. The van der Waals surface area contributed by atoms with Gasteiger partial charge in [-0.25, -0.2) is 0 Å². The van der Waals surface area contributed by atoms with E-state index in [4.69, 9.17) is 15.2 Å². The molecule has 0 saturated heterocycles. The van der Waals surface area contributed by atoms with Crippen LogP contribution in [0.25, 0.3) is 0 Å². The topological polar surface area (TPSA) is 161 Å². The summed E-state index contributed by atoms with van der Waals surface area (Å²) < 4.78 is 10.7. The average Bonchev–Trinajstić information content (AvgIpc) is 3.05. The number of hydrogen-bond acceptors (Lipinski definition) is 11. The molecule has 0 spiro atoms. The van der Waals surface area contributed by atoms with Crippen LogP contribution in [0.3, 0.4) is 0 Å². The Morgan fingerprint density at radius 2 is 1.26 bits per heavy atom. The van der Waals surface area contributed by atoms with E-state index in [9.17, 15) is 4.79 Å². The molecule has 2 aromatic carbocycles. The summed E-state index contributed by atoms with van der Waals surface area (Å²) in [7, 11) is 0. The van der Waals surface area contributed by atoms with Gasteiger partial charge in [0.15, 0.2) is 0 Å². The van der Waals surface area contributed by atoms with E-state index in [1.807, 2.05) is 42.5 Å². The van der Waals surface area contributed by atoms with Gasteiger partial charge in [0, 0.05) is 50.7 Å². The van der Waals surface area contributed by atoms with Crippen molar-refractivity contribution in [2.24, 2.45) is 5.73 Å². The summed E-state index contributed by atoms with van der Waals surface area (Å²) >= 11 is 0. The predicted molar refractivity (Wildman–Crippen MR) is 167 cm³/mol. The number of benzene rings is 2. The Balaban J connectivity index is 1.28. The maximum atomic E-state index is 12.5. The maximum absolute atomic E-state index is 12.5. The molecule has 0 aliphatic heterocycles. The molecule has 0 aliphatic rings. The molecular formula is C31H39N9O3. The number of hydrogen-bond donors (Lipinski definition) is 5. The molecule has 6 N–H and O–H groups in total. The van der Waals surface area contributed by atoms with E-state index in [-0.39, 0.29) is 5.91 Å². The number of amides is 1. The van der Waals surface area contributed by atoms with Gasteiger partial charge < -0.3 is 36.5 Å². The molecule has 0 atom stereocenters. The lowest BCUT2D eigenvalue weighted by Crippen LogP contribution is -2.27. The second-order valence-corrected chi connectivity index (χ2v) is 9.50. The van der Waals surface area contributed by atoms with E-state index >= 15 is 0 Å². The summed E-state index contributed by atoms with van der Waals surface area (Å²) in [4.78, 5) is 30.2. The molecule has 4 rings (SSSR count). The van der Waals surface area contributed by atoms with Crippen molar-refractivity contribution in [1.29, 1.82) is 0 Å². The SMILES string of the molecule is NCCOCCOCCNC(=O)c1ccc(CNc2nc(NCCc3ccccc3)nc(NCc3ccncc3)n2)cc1. The zero-order valence-electron chi connectivity index (χ0n) is 24.2. The highest BCUT2D eigenvalue weighted by Crippen LogP contribution is 2.13. The highest BCUT2D eigenvalue weighted by atomic mass is 16.5. The monoisotopic (exact) mass is 585 g/mol. The number of carbonyl (C=O) groups excluding carboxylic acids is 1. The fourth-order valence-corrected chi connectivity index (χ4v) is 3.96. The third-order valence-corrected chi connectivity index (χ3v) is 6.21. The van der Waals surface area contributed by atoms with E-state index in [0.717, 1.165) is 17.5 Å². The van der Waals surface area contributed by atoms with E-state index in [0.29, 0.717) is 82.6 Å². The normalized spacial score (nSPS) is 10.7. The predicted octanol–water partition coefficient (Wildman–Crippen LogP) is 2.87. The van der Waals surface area contributed by atoms with E-state index in [1.54, 1.807) is 24.5 Å². The molecule has 0 fully saturated rings. The van der Waals surface area contributed by atoms with Gasteiger partial charge in [-0.1, -0.05) is 42.5 Å². The number of carbonyl (C=O) groups is 1. The fraction of sp³-hybridized carbons (Fsp3) is 0.323. The lowest BCUT2D eigenvalue weighted by Gasteiger charge is -2.12. The molecule has 4 aromatic rings. The van der Waals surface area contributed by atoms with Gasteiger partial charge in [-0.05, 0) is 47.4 Å². The van der Waals surface area contributed by atoms with Crippen molar-refractivity contribution in [1.82, 2.24) is 25.3 Å². The van der Waals surface area contributed by atoms with Crippen LogP contribution in [0.2, 0.25) is 0 Å². The quantitative estimate of drug-likeness (QED) is 0.103. The van der Waals surface area contributed by atoms with Gasteiger partial charge in [-0.2, -0.15) is 15.0 Å². The lowest BCUT2D eigenvalue weighted by molar-refractivity contribution is 0.0511. The van der Waals surface area contributed by atoms with Gasteiger partial charge in [0.1, 0.15) is 0 Å². The minimum absolute atomic E-state index is 0.156. The number of pyridine rings is 1. The third-order valence-electron chi connectivity index (χ3n) is 6.21. The van der Waals surface area contributed by atoms with Crippen molar-refractivity contribution in [3.05, 3.63) is 101 Å². The van der Waals surface area contributed by atoms with Gasteiger partial charge in [0.2, 0.25) is 17.8 Å². The number of nitrogens with zero attached hydrogens (tertiary/aromatic N) is 4. The second kappa shape index (κ2) is 18.0. The fourth-order valence-electron chi connectivity index (χ4n) is 3.96. The Kier molecular flexibility index (Phi) is 13.1. The molecule has 12 nitrogen and oxygen atoms in total. The minimum Gasteiger partial charge on any atom is -0.378 e. The minimum atomic E-state index is -0.156. The van der Waals surface area contributed by atoms with Gasteiger partial charge in [0.25, 0.3) is 5.91 Å². The summed E-state index contributed by atoms with van der Waals surface area (Å²) in [6.07, 6.45) is 4.34. The van der Waals surface area contributed by atoms with Crippen molar-refractivity contribution < 1.29 is 14.3 Å². The molecule has 0 saturated carbocycles. The summed E-state index contributed by atoms with van der Waals surface area (Å²) in [5, 5.41) is 12.7. The van der Waals surface area contributed by atoms with Crippen molar-refractivity contribution in [3.63, 3.8) is 0 Å². The molecule has 226 valence electrons. The lowest BCUT2D eigenvalue weighted by atomic mass is 10.1. The molecule has 12 heteroatoms. The molecule has 2 aromatic heterocycles. The van der Waals surface area contributed by atoms with Crippen LogP contribution in [0.4, 0.5) is 17.8 Å². The second-order valence-electron chi connectivity index (χ2n) is 9.50. The number of aromatic nitrogens is 4. The highest BCUT2D eigenvalue weighted by Gasteiger charge is 2.09. The van der Waals surface area contributed by atoms with Crippen LogP contribution in [0, 0.1) is 0 Å². The van der Waals surface area contributed by atoms with Crippen LogP contribution in [0.5, 0.6) is 0 Å². The molecule has 0 unspecified atom stereocenters. The molecule has 43 heavy (non-hydrogen) atoms. The number of nitrogens with one attached hydrogen (secondary N) is 4. The Morgan fingerprint density at radius 3 is 1.91 bits per heavy atom. The van der Waals surface area contributed by atoms with Crippen LogP contribution in [0.15, 0.2) is 79.1 Å². The highest BCUT2D eigenvalue weighted by molar-refractivity contribution is 5.94. The first-order chi connectivity index (χ1) is 21.2. The van der Waals surface area contributed by atoms with Crippen molar-refractivity contribution in [2.75, 3.05) is 62.0 Å². The summed E-state index contributed by atoms with van der Waals surface area (Å²) in [5.41, 5.74) is 9.21. The van der Waals surface area contributed by atoms with Crippen molar-refractivity contribution >= 4 is 23.8 Å². The van der Waals surface area contributed by atoms with E-state index in [1.165, 1.54) is 5.56 Å². The Morgan fingerprint density at radius 1 is 0.651 bits per heavy atom. The van der Waals surface area contributed by atoms with Gasteiger partial charge in [-0.3, -0.25) is 9.78 Å². The first-order valence-electron chi connectivity index (χ1n) is 14.3. The van der Waals surface area contributed by atoms with E-state index in [2.05, 4.69) is 53.3 Å².